The molecule has 0 aromatic heterocycles. The molecule has 0 radical (unpaired) electrons. The van der Waals surface area contributed by atoms with E-state index >= 15 is 0 Å². The topological polar surface area (TPSA) is 99.1 Å². The van der Waals surface area contributed by atoms with Crippen molar-refractivity contribution in [1.82, 2.24) is 9.73 Å². The Labute approximate surface area is 215 Å². The number of phenolic OH excluding ortho intramolecular Hbond substituents is 1. The van der Waals surface area contributed by atoms with Crippen molar-refractivity contribution in [3.8, 4) is 5.75 Å². The van der Waals surface area contributed by atoms with Gasteiger partial charge >= 0.3 is 0 Å². The minimum Gasteiger partial charge on any atom is -0.507 e. The molecule has 3 rings (SSSR count). The van der Waals surface area contributed by atoms with Crippen LogP contribution in [-0.4, -0.2) is 36.5 Å². The Balaban J connectivity index is 1.91. The molecule has 0 aliphatic rings. The van der Waals surface area contributed by atoms with Gasteiger partial charge in [0, 0.05) is 12.1 Å². The molecule has 7 nitrogen and oxygen atoms in total. The summed E-state index contributed by atoms with van der Waals surface area (Å²) in [6.07, 6.45) is 1.28. The minimum atomic E-state index is -4.07. The molecule has 10 heteroatoms. The molecule has 35 heavy (non-hydrogen) atoms. The predicted octanol–water partition coefficient (Wildman–Crippen LogP) is 4.97. The van der Waals surface area contributed by atoms with Gasteiger partial charge in [0.05, 0.1) is 27.7 Å². The Morgan fingerprint density at radius 2 is 1.69 bits per heavy atom. The average molecular weight is 534 g/mol. The van der Waals surface area contributed by atoms with E-state index in [9.17, 15) is 18.3 Å². The largest absolute Gasteiger partial charge is 0.507 e. The van der Waals surface area contributed by atoms with Crippen molar-refractivity contribution < 1.29 is 18.3 Å². The number of phenols is 1. The van der Waals surface area contributed by atoms with E-state index < -0.39 is 22.5 Å². The number of hydrogen-bond donors (Lipinski definition) is 2. The molecule has 0 heterocycles. The molecule has 184 valence electrons. The van der Waals surface area contributed by atoms with Gasteiger partial charge in [-0.05, 0) is 61.7 Å². The number of hydrogen-bond acceptors (Lipinski definition) is 5. The third-order valence-corrected chi connectivity index (χ3v) is 8.03. The molecule has 0 fully saturated rings. The number of amides is 1. The van der Waals surface area contributed by atoms with Gasteiger partial charge in [-0.2, -0.15) is 9.41 Å². The quantitative estimate of drug-likeness (QED) is 0.315. The zero-order valence-corrected chi connectivity index (χ0v) is 21.7. The summed E-state index contributed by atoms with van der Waals surface area (Å²) in [6.45, 7) is 4.73. The molecule has 0 unspecified atom stereocenters. The standard InChI is InChI=1S/C25H25Cl2N3O4S/c1-16-10-17(2)25(18(3)11-16)35(33,34)30(14-19-8-9-21(26)22(27)12-19)15-24(32)29-28-13-20-6-4-5-7-23(20)31/h4-13,31H,14-15H2,1-3H3,(H,29,32)/b28-13+. The maximum atomic E-state index is 13.7. The molecule has 2 N–H and O–H groups in total. The SMILES string of the molecule is Cc1cc(C)c(S(=O)(=O)N(CC(=O)N/N=C/c2ccccc2O)Cc2ccc(Cl)c(Cl)c2)c(C)c1. The van der Waals surface area contributed by atoms with Gasteiger partial charge in [-0.3, -0.25) is 4.79 Å². The van der Waals surface area contributed by atoms with Crippen LogP contribution in [0, 0.1) is 20.8 Å². The van der Waals surface area contributed by atoms with Gasteiger partial charge in [-0.15, -0.1) is 0 Å². The van der Waals surface area contributed by atoms with Crippen LogP contribution in [0.4, 0.5) is 0 Å². The van der Waals surface area contributed by atoms with Crippen LogP contribution in [0.1, 0.15) is 27.8 Å². The minimum absolute atomic E-state index is 0.000332. The van der Waals surface area contributed by atoms with Crippen LogP contribution < -0.4 is 5.43 Å². The molecule has 3 aromatic carbocycles. The molecule has 0 saturated carbocycles. The van der Waals surface area contributed by atoms with E-state index in [2.05, 4.69) is 10.5 Å². The first-order valence-electron chi connectivity index (χ1n) is 10.6. The van der Waals surface area contributed by atoms with Gasteiger partial charge in [0.25, 0.3) is 5.91 Å². The molecule has 1 amide bonds. The van der Waals surface area contributed by atoms with Crippen molar-refractivity contribution >= 4 is 45.3 Å². The van der Waals surface area contributed by atoms with Crippen LogP contribution in [0.15, 0.2) is 64.6 Å². The lowest BCUT2D eigenvalue weighted by molar-refractivity contribution is -0.121. The van der Waals surface area contributed by atoms with Crippen LogP contribution in [0.2, 0.25) is 10.0 Å². The van der Waals surface area contributed by atoms with Crippen LogP contribution in [0.5, 0.6) is 5.75 Å². The Morgan fingerprint density at radius 3 is 2.31 bits per heavy atom. The summed E-state index contributed by atoms with van der Waals surface area (Å²) in [6, 6.07) is 14.8. The number of nitrogens with one attached hydrogen (secondary N) is 1. The fourth-order valence-electron chi connectivity index (χ4n) is 3.74. The normalized spacial score (nSPS) is 11.8. The third kappa shape index (κ3) is 6.61. The first-order chi connectivity index (χ1) is 16.5. The second-order valence-electron chi connectivity index (χ2n) is 8.10. The van der Waals surface area contributed by atoms with Crippen molar-refractivity contribution in [2.45, 2.75) is 32.2 Å². The van der Waals surface area contributed by atoms with Gasteiger partial charge in [0.15, 0.2) is 0 Å². The highest BCUT2D eigenvalue weighted by molar-refractivity contribution is 7.89. The van der Waals surface area contributed by atoms with Gasteiger partial charge in [-0.25, -0.2) is 13.8 Å². The summed E-state index contributed by atoms with van der Waals surface area (Å²) in [5.74, 6) is -0.651. The average Bonchev–Trinajstić information content (AvgIpc) is 2.76. The van der Waals surface area contributed by atoms with E-state index in [0.717, 1.165) is 9.87 Å². The van der Waals surface area contributed by atoms with Crippen molar-refractivity contribution in [2.24, 2.45) is 5.10 Å². The summed E-state index contributed by atoms with van der Waals surface area (Å²) < 4.78 is 28.5. The fourth-order valence-corrected chi connectivity index (χ4v) is 5.85. The highest BCUT2D eigenvalue weighted by atomic mass is 35.5. The zero-order chi connectivity index (χ0) is 25.8. The number of para-hydroxylation sites is 1. The lowest BCUT2D eigenvalue weighted by Gasteiger charge is -2.24. The predicted molar refractivity (Wildman–Crippen MR) is 139 cm³/mol. The van der Waals surface area contributed by atoms with E-state index in [1.807, 2.05) is 6.92 Å². The smallest absolute Gasteiger partial charge is 0.255 e. The number of nitrogens with zero attached hydrogens (tertiary/aromatic N) is 2. The molecular weight excluding hydrogens is 509 g/mol. The van der Waals surface area contributed by atoms with Gasteiger partial charge in [0.1, 0.15) is 5.75 Å². The molecule has 3 aromatic rings. The van der Waals surface area contributed by atoms with Crippen LogP contribution in [-0.2, 0) is 21.4 Å². The van der Waals surface area contributed by atoms with Gasteiger partial charge < -0.3 is 5.11 Å². The number of carbonyl (C=O) groups is 1. The van der Waals surface area contributed by atoms with Gasteiger partial charge in [-0.1, -0.05) is 59.1 Å². The Kier molecular flexibility index (Phi) is 8.56. The van der Waals surface area contributed by atoms with E-state index in [1.165, 1.54) is 12.3 Å². The molecule has 0 aliphatic heterocycles. The summed E-state index contributed by atoms with van der Waals surface area (Å²) in [5, 5.41) is 14.3. The van der Waals surface area contributed by atoms with E-state index in [1.54, 1.807) is 62.4 Å². The van der Waals surface area contributed by atoms with Crippen molar-refractivity contribution in [2.75, 3.05) is 6.54 Å². The number of aryl methyl sites for hydroxylation is 3. The summed E-state index contributed by atoms with van der Waals surface area (Å²) >= 11 is 12.1. The van der Waals surface area contributed by atoms with E-state index in [4.69, 9.17) is 23.2 Å². The summed E-state index contributed by atoms with van der Waals surface area (Å²) in [4.78, 5) is 12.8. The van der Waals surface area contributed by atoms with Crippen molar-refractivity contribution in [3.05, 3.63) is 92.5 Å². The first kappa shape index (κ1) is 26.7. The number of hydrazone groups is 1. The van der Waals surface area contributed by atoms with Crippen LogP contribution in [0.25, 0.3) is 0 Å². The van der Waals surface area contributed by atoms with Crippen LogP contribution >= 0.6 is 23.2 Å². The van der Waals surface area contributed by atoms with Crippen molar-refractivity contribution in [1.29, 1.82) is 0 Å². The molecule has 0 saturated heterocycles. The molecule has 0 aliphatic carbocycles. The maximum Gasteiger partial charge on any atom is 0.255 e. The second kappa shape index (κ2) is 11.2. The number of sulfonamides is 1. The number of rotatable bonds is 8. The fraction of sp³-hybridized carbons (Fsp3) is 0.200. The maximum absolute atomic E-state index is 13.7. The molecule has 0 spiro atoms. The zero-order valence-electron chi connectivity index (χ0n) is 19.4. The highest BCUT2D eigenvalue weighted by Gasteiger charge is 2.30. The van der Waals surface area contributed by atoms with Crippen LogP contribution in [0.3, 0.4) is 0 Å². The molecule has 0 atom stereocenters. The molecule has 0 bridgehead atoms. The number of carbonyl (C=O) groups excluding carboxylic acids is 1. The van der Waals surface area contributed by atoms with Gasteiger partial charge in [0.2, 0.25) is 10.0 Å². The molecular formula is C25H25Cl2N3O4S. The number of benzene rings is 3. The Hall–Kier alpha value is -2.91. The van der Waals surface area contributed by atoms with E-state index in [-0.39, 0.29) is 22.2 Å². The summed E-state index contributed by atoms with van der Waals surface area (Å²) in [7, 11) is -4.07. The lowest BCUT2D eigenvalue weighted by Crippen LogP contribution is -2.39. The monoisotopic (exact) mass is 533 g/mol. The second-order valence-corrected chi connectivity index (χ2v) is 10.8. The Morgan fingerprint density at radius 1 is 1.03 bits per heavy atom. The Bertz CT molecular complexity index is 1370. The number of halogens is 2. The van der Waals surface area contributed by atoms with E-state index in [0.29, 0.717) is 27.3 Å². The number of aromatic hydroxyl groups is 1. The third-order valence-electron chi connectivity index (χ3n) is 5.20. The van der Waals surface area contributed by atoms with Crippen molar-refractivity contribution in [3.63, 3.8) is 0 Å². The lowest BCUT2D eigenvalue weighted by atomic mass is 10.1. The highest BCUT2D eigenvalue weighted by Crippen LogP contribution is 2.28. The first-order valence-corrected chi connectivity index (χ1v) is 12.8. The summed E-state index contributed by atoms with van der Waals surface area (Å²) in [5.41, 5.74) is 5.39.